The number of carbonyl (C=O) groups is 1. The van der Waals surface area contributed by atoms with E-state index in [4.69, 9.17) is 4.74 Å². The van der Waals surface area contributed by atoms with E-state index in [-0.39, 0.29) is 17.3 Å². The number of anilines is 1. The van der Waals surface area contributed by atoms with E-state index < -0.39 is 10.0 Å². The van der Waals surface area contributed by atoms with Crippen LogP contribution in [-0.4, -0.2) is 21.4 Å². The molecule has 1 amide bonds. The number of hydrogen-bond donors (Lipinski definition) is 2. The van der Waals surface area contributed by atoms with Crippen LogP contribution in [0.4, 0.5) is 5.69 Å². The Morgan fingerprint density at radius 1 is 0.893 bits per heavy atom. The number of rotatable bonds is 7. The standard InChI is InChI=1S/C21H20N2O4S/c1-27-20-10-6-5-9-19(20)23-21(24)17-11-13-18(14-12-17)28(25,26)22-15-16-7-3-2-4-8-16/h2-14,22H,15H2,1H3,(H,23,24). The fourth-order valence-electron chi connectivity index (χ4n) is 2.59. The second-order valence-corrected chi connectivity index (χ2v) is 7.76. The lowest BCUT2D eigenvalue weighted by Gasteiger charge is -2.10. The largest absolute Gasteiger partial charge is 0.495 e. The summed E-state index contributed by atoms with van der Waals surface area (Å²) in [6, 6.07) is 22.1. The number of benzene rings is 3. The van der Waals surface area contributed by atoms with Gasteiger partial charge in [-0.3, -0.25) is 4.79 Å². The molecule has 28 heavy (non-hydrogen) atoms. The average molecular weight is 396 g/mol. The lowest BCUT2D eigenvalue weighted by atomic mass is 10.2. The van der Waals surface area contributed by atoms with Gasteiger partial charge in [0.25, 0.3) is 5.91 Å². The van der Waals surface area contributed by atoms with E-state index in [9.17, 15) is 13.2 Å². The third-order valence-corrected chi connectivity index (χ3v) is 5.51. The van der Waals surface area contributed by atoms with Crippen LogP contribution < -0.4 is 14.8 Å². The number of carbonyl (C=O) groups excluding carboxylic acids is 1. The molecule has 3 rings (SSSR count). The first kappa shape index (κ1) is 19.6. The number of methoxy groups -OCH3 is 1. The molecule has 0 unspecified atom stereocenters. The highest BCUT2D eigenvalue weighted by Crippen LogP contribution is 2.23. The molecule has 0 saturated heterocycles. The number of amides is 1. The summed E-state index contributed by atoms with van der Waals surface area (Å²) in [5, 5.41) is 2.75. The molecule has 3 aromatic rings. The third-order valence-electron chi connectivity index (χ3n) is 4.09. The minimum Gasteiger partial charge on any atom is -0.495 e. The lowest BCUT2D eigenvalue weighted by Crippen LogP contribution is -2.23. The van der Waals surface area contributed by atoms with Crippen LogP contribution in [0.5, 0.6) is 5.75 Å². The van der Waals surface area contributed by atoms with Crippen LogP contribution in [0.3, 0.4) is 0 Å². The molecule has 0 heterocycles. The van der Waals surface area contributed by atoms with Gasteiger partial charge in [-0.15, -0.1) is 0 Å². The zero-order chi connectivity index (χ0) is 20.0. The van der Waals surface area contributed by atoms with Crippen molar-refractivity contribution in [1.29, 1.82) is 0 Å². The van der Waals surface area contributed by atoms with Crippen molar-refractivity contribution < 1.29 is 17.9 Å². The highest BCUT2D eigenvalue weighted by molar-refractivity contribution is 7.89. The van der Waals surface area contributed by atoms with Gasteiger partial charge in [-0.05, 0) is 42.0 Å². The molecular weight excluding hydrogens is 376 g/mol. The second kappa shape index (κ2) is 8.69. The Balaban J connectivity index is 1.69. The van der Waals surface area contributed by atoms with Crippen LogP contribution in [-0.2, 0) is 16.6 Å². The van der Waals surface area contributed by atoms with Crippen molar-refractivity contribution in [3.8, 4) is 5.75 Å². The summed E-state index contributed by atoms with van der Waals surface area (Å²) in [5.41, 5.74) is 1.74. The Labute approximate surface area is 164 Å². The predicted molar refractivity (Wildman–Crippen MR) is 108 cm³/mol. The van der Waals surface area contributed by atoms with Crippen molar-refractivity contribution >= 4 is 21.6 Å². The van der Waals surface area contributed by atoms with Crippen molar-refractivity contribution in [3.63, 3.8) is 0 Å². The van der Waals surface area contributed by atoms with Crippen molar-refractivity contribution in [3.05, 3.63) is 90.0 Å². The second-order valence-electron chi connectivity index (χ2n) is 5.99. The van der Waals surface area contributed by atoms with Gasteiger partial charge in [0.2, 0.25) is 10.0 Å². The molecule has 2 N–H and O–H groups in total. The molecule has 3 aromatic carbocycles. The zero-order valence-electron chi connectivity index (χ0n) is 15.3. The summed E-state index contributed by atoms with van der Waals surface area (Å²) in [6.45, 7) is 0.194. The third kappa shape index (κ3) is 4.76. The molecule has 0 bridgehead atoms. The monoisotopic (exact) mass is 396 g/mol. The van der Waals surface area contributed by atoms with E-state index >= 15 is 0 Å². The normalized spacial score (nSPS) is 11.0. The van der Waals surface area contributed by atoms with Gasteiger partial charge in [0.1, 0.15) is 5.75 Å². The molecule has 0 aromatic heterocycles. The van der Waals surface area contributed by atoms with Crippen LogP contribution in [0, 0.1) is 0 Å². The van der Waals surface area contributed by atoms with Gasteiger partial charge in [-0.25, -0.2) is 13.1 Å². The lowest BCUT2D eigenvalue weighted by molar-refractivity contribution is 0.102. The molecule has 0 aliphatic rings. The Morgan fingerprint density at radius 3 is 2.21 bits per heavy atom. The summed E-state index contributed by atoms with van der Waals surface area (Å²) >= 11 is 0. The summed E-state index contributed by atoms with van der Waals surface area (Å²) < 4.78 is 32.6. The Morgan fingerprint density at radius 2 is 1.54 bits per heavy atom. The SMILES string of the molecule is COc1ccccc1NC(=O)c1ccc(S(=O)(=O)NCc2ccccc2)cc1. The molecule has 0 saturated carbocycles. The zero-order valence-corrected chi connectivity index (χ0v) is 16.1. The fourth-order valence-corrected chi connectivity index (χ4v) is 3.60. The molecule has 7 heteroatoms. The minimum atomic E-state index is -3.67. The van der Waals surface area contributed by atoms with Gasteiger partial charge in [-0.1, -0.05) is 42.5 Å². The van der Waals surface area contributed by atoms with E-state index in [2.05, 4.69) is 10.0 Å². The summed E-state index contributed by atoms with van der Waals surface area (Å²) in [6.07, 6.45) is 0. The molecule has 0 aliphatic heterocycles. The maximum atomic E-state index is 12.4. The summed E-state index contributed by atoms with van der Waals surface area (Å²) in [5.74, 6) is 0.186. The summed E-state index contributed by atoms with van der Waals surface area (Å²) in [7, 11) is -2.15. The van der Waals surface area contributed by atoms with Crippen LogP contribution in [0.1, 0.15) is 15.9 Å². The molecule has 0 radical (unpaired) electrons. The van der Waals surface area contributed by atoms with Gasteiger partial charge >= 0.3 is 0 Å². The van der Waals surface area contributed by atoms with Crippen molar-refractivity contribution in [2.24, 2.45) is 0 Å². The van der Waals surface area contributed by atoms with Crippen LogP contribution in [0.25, 0.3) is 0 Å². The predicted octanol–water partition coefficient (Wildman–Crippen LogP) is 3.43. The Kier molecular flexibility index (Phi) is 6.08. The molecule has 0 fully saturated rings. The maximum Gasteiger partial charge on any atom is 0.255 e. The Bertz CT molecular complexity index is 1050. The van der Waals surface area contributed by atoms with Crippen LogP contribution in [0.15, 0.2) is 83.8 Å². The molecule has 0 spiro atoms. The van der Waals surface area contributed by atoms with E-state index in [1.807, 2.05) is 30.3 Å². The minimum absolute atomic E-state index is 0.0947. The van der Waals surface area contributed by atoms with Gasteiger partial charge in [0, 0.05) is 12.1 Å². The van der Waals surface area contributed by atoms with Gasteiger partial charge in [-0.2, -0.15) is 0 Å². The van der Waals surface area contributed by atoms with Crippen molar-refractivity contribution in [2.75, 3.05) is 12.4 Å². The van der Waals surface area contributed by atoms with Gasteiger partial charge < -0.3 is 10.1 Å². The highest BCUT2D eigenvalue weighted by atomic mass is 32.2. The molecule has 0 aliphatic carbocycles. The first-order chi connectivity index (χ1) is 13.5. The molecule has 0 atom stereocenters. The van der Waals surface area contributed by atoms with E-state index in [0.717, 1.165) is 5.56 Å². The van der Waals surface area contributed by atoms with E-state index in [1.54, 1.807) is 24.3 Å². The average Bonchev–Trinajstić information content (AvgIpc) is 2.73. The van der Waals surface area contributed by atoms with E-state index in [1.165, 1.54) is 31.4 Å². The molecular formula is C21H20N2O4S. The van der Waals surface area contributed by atoms with Crippen LogP contribution in [0.2, 0.25) is 0 Å². The Hall–Kier alpha value is -3.16. The number of para-hydroxylation sites is 2. The fraction of sp³-hybridized carbons (Fsp3) is 0.0952. The number of hydrogen-bond acceptors (Lipinski definition) is 4. The first-order valence-electron chi connectivity index (χ1n) is 8.57. The molecule has 6 nitrogen and oxygen atoms in total. The first-order valence-corrected chi connectivity index (χ1v) is 10.1. The molecule has 144 valence electrons. The van der Waals surface area contributed by atoms with Gasteiger partial charge in [0.05, 0.1) is 17.7 Å². The highest BCUT2D eigenvalue weighted by Gasteiger charge is 2.15. The summed E-state index contributed by atoms with van der Waals surface area (Å²) in [4.78, 5) is 12.5. The van der Waals surface area contributed by atoms with Crippen molar-refractivity contribution in [2.45, 2.75) is 11.4 Å². The quantitative estimate of drug-likeness (QED) is 0.641. The number of nitrogens with one attached hydrogen (secondary N) is 2. The number of ether oxygens (including phenoxy) is 1. The smallest absolute Gasteiger partial charge is 0.255 e. The van der Waals surface area contributed by atoms with Crippen LogP contribution >= 0.6 is 0 Å². The topological polar surface area (TPSA) is 84.5 Å². The van der Waals surface area contributed by atoms with E-state index in [0.29, 0.717) is 17.0 Å². The van der Waals surface area contributed by atoms with Gasteiger partial charge in [0.15, 0.2) is 0 Å². The van der Waals surface area contributed by atoms with Crippen molar-refractivity contribution in [1.82, 2.24) is 4.72 Å². The maximum absolute atomic E-state index is 12.4. The number of sulfonamides is 1.